The number of amides is 2. The first-order valence-corrected chi connectivity index (χ1v) is 7.94. The van der Waals surface area contributed by atoms with Gasteiger partial charge in [-0.05, 0) is 46.3 Å². The van der Waals surface area contributed by atoms with E-state index in [1.54, 1.807) is 36.4 Å². The Kier molecular flexibility index (Phi) is 6.27. The number of hydrogen-bond acceptors (Lipinski definition) is 3. The van der Waals surface area contributed by atoms with Gasteiger partial charge in [-0.2, -0.15) is 0 Å². The second-order valence-corrected chi connectivity index (χ2v) is 6.04. The van der Waals surface area contributed by atoms with Crippen LogP contribution in [-0.2, 0) is 4.79 Å². The molecule has 0 saturated heterocycles. The van der Waals surface area contributed by atoms with Crippen LogP contribution in [0, 0.1) is 0 Å². The molecule has 0 aromatic heterocycles. The smallest absolute Gasteiger partial charge is 0.276 e. The Morgan fingerprint density at radius 1 is 1.09 bits per heavy atom. The Labute approximate surface area is 151 Å². The van der Waals surface area contributed by atoms with Gasteiger partial charge in [-0.3, -0.25) is 20.4 Å². The number of carbonyl (C=O) groups is 2. The van der Waals surface area contributed by atoms with Gasteiger partial charge in [-0.1, -0.05) is 35.3 Å². The predicted octanol–water partition coefficient (Wildman–Crippen LogP) is 3.60. The third-order valence-corrected chi connectivity index (χ3v) is 3.91. The molecule has 0 fully saturated rings. The highest BCUT2D eigenvalue weighted by molar-refractivity contribution is 9.10. The van der Waals surface area contributed by atoms with Crippen LogP contribution in [0.5, 0.6) is 5.75 Å². The minimum Gasteiger partial charge on any atom is -0.482 e. The van der Waals surface area contributed by atoms with Crippen LogP contribution in [0.3, 0.4) is 0 Å². The first-order valence-electron chi connectivity index (χ1n) is 6.39. The van der Waals surface area contributed by atoms with Gasteiger partial charge in [0.05, 0.1) is 10.6 Å². The fourth-order valence-corrected chi connectivity index (χ4v) is 2.54. The third-order valence-electron chi connectivity index (χ3n) is 2.69. The second kappa shape index (κ2) is 8.19. The summed E-state index contributed by atoms with van der Waals surface area (Å²) in [5.74, 6) is -0.657. The molecule has 2 aromatic rings. The van der Waals surface area contributed by atoms with Crippen molar-refractivity contribution < 1.29 is 14.3 Å². The second-order valence-electron chi connectivity index (χ2n) is 4.35. The van der Waals surface area contributed by atoms with E-state index < -0.39 is 11.8 Å². The molecule has 120 valence electrons. The van der Waals surface area contributed by atoms with Gasteiger partial charge >= 0.3 is 0 Å². The summed E-state index contributed by atoms with van der Waals surface area (Å²) < 4.78 is 5.87. The van der Waals surface area contributed by atoms with E-state index in [1.165, 1.54) is 6.07 Å². The fraction of sp³-hybridized carbons (Fsp3) is 0.0667. The first kappa shape index (κ1) is 17.6. The molecule has 8 heteroatoms. The Morgan fingerprint density at radius 3 is 2.52 bits per heavy atom. The molecule has 2 aromatic carbocycles. The number of carbonyl (C=O) groups excluding carboxylic acids is 2. The maximum Gasteiger partial charge on any atom is 0.276 e. The predicted molar refractivity (Wildman–Crippen MR) is 91.7 cm³/mol. The highest BCUT2D eigenvalue weighted by Crippen LogP contribution is 2.27. The average molecular weight is 418 g/mol. The molecule has 0 spiro atoms. The molecule has 2 rings (SSSR count). The standard InChI is InChI=1S/C15H11BrCl2N2O3/c16-11-4-2-1-3-10(11)15(22)20-19-14(21)8-23-13-6-5-9(17)7-12(13)18/h1-7H,8H2,(H,19,21)(H,20,22). The molecular weight excluding hydrogens is 407 g/mol. The van der Waals surface area contributed by atoms with Crippen LogP contribution in [0.2, 0.25) is 10.0 Å². The van der Waals surface area contributed by atoms with Crippen molar-refractivity contribution in [1.29, 1.82) is 0 Å². The van der Waals surface area contributed by atoms with Crippen molar-refractivity contribution in [3.63, 3.8) is 0 Å². The minimum absolute atomic E-state index is 0.294. The van der Waals surface area contributed by atoms with Crippen LogP contribution >= 0.6 is 39.1 Å². The molecule has 0 atom stereocenters. The summed E-state index contributed by atoms with van der Waals surface area (Å²) in [6.45, 7) is -0.308. The van der Waals surface area contributed by atoms with Crippen LogP contribution in [0.25, 0.3) is 0 Å². The molecule has 23 heavy (non-hydrogen) atoms. The summed E-state index contributed by atoms with van der Waals surface area (Å²) in [6.07, 6.45) is 0. The van der Waals surface area contributed by atoms with Gasteiger partial charge in [0.25, 0.3) is 11.8 Å². The van der Waals surface area contributed by atoms with E-state index >= 15 is 0 Å². The van der Waals surface area contributed by atoms with Gasteiger partial charge in [0.15, 0.2) is 6.61 Å². The molecule has 0 aliphatic carbocycles. The highest BCUT2D eigenvalue weighted by atomic mass is 79.9. The number of benzene rings is 2. The molecule has 2 amide bonds. The van der Waals surface area contributed by atoms with Gasteiger partial charge in [0.2, 0.25) is 0 Å². The van der Waals surface area contributed by atoms with Gasteiger partial charge < -0.3 is 4.74 Å². The van der Waals surface area contributed by atoms with Crippen LogP contribution in [0.4, 0.5) is 0 Å². The molecule has 2 N–H and O–H groups in total. The highest BCUT2D eigenvalue weighted by Gasteiger charge is 2.11. The molecule has 0 heterocycles. The topological polar surface area (TPSA) is 67.4 Å². The molecule has 0 saturated carbocycles. The maximum absolute atomic E-state index is 11.9. The van der Waals surface area contributed by atoms with Crippen molar-refractivity contribution in [3.05, 3.63) is 62.5 Å². The summed E-state index contributed by atoms with van der Waals surface area (Å²) in [4.78, 5) is 23.6. The van der Waals surface area contributed by atoms with Gasteiger partial charge in [0, 0.05) is 9.50 Å². The van der Waals surface area contributed by atoms with E-state index in [9.17, 15) is 9.59 Å². The number of nitrogens with one attached hydrogen (secondary N) is 2. The van der Waals surface area contributed by atoms with E-state index in [0.717, 1.165) is 0 Å². The monoisotopic (exact) mass is 416 g/mol. The molecular formula is C15H11BrCl2N2O3. The Morgan fingerprint density at radius 2 is 1.83 bits per heavy atom. The maximum atomic E-state index is 11.9. The van der Waals surface area contributed by atoms with Gasteiger partial charge in [-0.25, -0.2) is 0 Å². The van der Waals surface area contributed by atoms with E-state index in [0.29, 0.717) is 25.8 Å². The zero-order valence-corrected chi connectivity index (χ0v) is 14.7. The number of ether oxygens (including phenoxy) is 1. The van der Waals surface area contributed by atoms with E-state index in [2.05, 4.69) is 26.8 Å². The van der Waals surface area contributed by atoms with Crippen molar-refractivity contribution in [2.75, 3.05) is 6.61 Å². The summed E-state index contributed by atoms with van der Waals surface area (Å²) in [6, 6.07) is 11.5. The lowest BCUT2D eigenvalue weighted by molar-refractivity contribution is -0.123. The number of halogens is 3. The molecule has 0 radical (unpaired) electrons. The molecule has 0 aliphatic rings. The quantitative estimate of drug-likeness (QED) is 0.747. The first-order chi connectivity index (χ1) is 11.0. The van der Waals surface area contributed by atoms with Gasteiger partial charge in [0.1, 0.15) is 5.75 Å². The lowest BCUT2D eigenvalue weighted by atomic mass is 10.2. The van der Waals surface area contributed by atoms with E-state index in [-0.39, 0.29) is 6.61 Å². The largest absolute Gasteiger partial charge is 0.482 e. The molecule has 5 nitrogen and oxygen atoms in total. The zero-order chi connectivity index (χ0) is 16.8. The van der Waals surface area contributed by atoms with Crippen LogP contribution in [0.15, 0.2) is 46.9 Å². The minimum atomic E-state index is -0.531. The summed E-state index contributed by atoms with van der Waals surface area (Å²) >= 11 is 14.9. The van der Waals surface area contributed by atoms with Crippen molar-refractivity contribution in [2.24, 2.45) is 0 Å². The normalized spacial score (nSPS) is 10.0. The van der Waals surface area contributed by atoms with E-state index in [4.69, 9.17) is 27.9 Å². The van der Waals surface area contributed by atoms with Crippen LogP contribution in [-0.4, -0.2) is 18.4 Å². The number of hydrogen-bond donors (Lipinski definition) is 2. The molecule has 0 bridgehead atoms. The van der Waals surface area contributed by atoms with E-state index in [1.807, 2.05) is 0 Å². The van der Waals surface area contributed by atoms with Crippen molar-refractivity contribution in [1.82, 2.24) is 10.9 Å². The van der Waals surface area contributed by atoms with Crippen LogP contribution in [0.1, 0.15) is 10.4 Å². The zero-order valence-electron chi connectivity index (χ0n) is 11.6. The Bertz CT molecular complexity index is 740. The lowest BCUT2D eigenvalue weighted by Crippen LogP contribution is -2.43. The van der Waals surface area contributed by atoms with Crippen LogP contribution < -0.4 is 15.6 Å². The van der Waals surface area contributed by atoms with Crippen molar-refractivity contribution in [2.45, 2.75) is 0 Å². The SMILES string of the molecule is O=C(COc1ccc(Cl)cc1Cl)NNC(=O)c1ccccc1Br. The summed E-state index contributed by atoms with van der Waals surface area (Å²) in [5, 5.41) is 0.759. The molecule has 0 unspecified atom stereocenters. The number of rotatable bonds is 4. The van der Waals surface area contributed by atoms with Gasteiger partial charge in [-0.15, -0.1) is 0 Å². The fourth-order valence-electron chi connectivity index (χ4n) is 1.61. The van der Waals surface area contributed by atoms with Crippen molar-refractivity contribution in [3.8, 4) is 5.75 Å². The molecule has 0 aliphatic heterocycles. The Hall–Kier alpha value is -1.76. The lowest BCUT2D eigenvalue weighted by Gasteiger charge is -2.10. The number of hydrazine groups is 1. The average Bonchev–Trinajstić information content (AvgIpc) is 2.52. The Balaban J connectivity index is 1.83. The third kappa shape index (κ3) is 5.13. The summed E-state index contributed by atoms with van der Waals surface area (Å²) in [5.41, 5.74) is 4.95. The summed E-state index contributed by atoms with van der Waals surface area (Å²) in [7, 11) is 0. The van der Waals surface area contributed by atoms with Crippen molar-refractivity contribution >= 4 is 50.9 Å².